The van der Waals surface area contributed by atoms with Gasteiger partial charge in [-0.25, -0.2) is 9.97 Å². The highest BCUT2D eigenvalue weighted by atomic mass is 16.6. The fourth-order valence-corrected chi connectivity index (χ4v) is 3.28. The molecule has 4 atom stereocenters. The molecule has 9 heteroatoms. The van der Waals surface area contributed by atoms with Crippen LogP contribution in [0.2, 0.25) is 0 Å². The van der Waals surface area contributed by atoms with Crippen LogP contribution in [0.1, 0.15) is 0 Å². The molecule has 4 rings (SSSR count). The number of nitrogens with zero attached hydrogens (tertiary/aromatic N) is 2. The molecule has 1 amide bonds. The lowest BCUT2D eigenvalue weighted by Crippen LogP contribution is -2.45. The minimum absolute atomic E-state index is 0.0168. The number of aromatic nitrogens is 2. The summed E-state index contributed by atoms with van der Waals surface area (Å²) in [5, 5.41) is 6.14. The lowest BCUT2D eigenvalue weighted by molar-refractivity contribution is -0.126. The highest BCUT2D eigenvalue weighted by Crippen LogP contribution is 2.29. The van der Waals surface area contributed by atoms with Gasteiger partial charge >= 0.3 is 0 Å². The molecule has 0 spiro atoms. The molecule has 2 aromatic heterocycles. The number of furan rings is 1. The first-order chi connectivity index (χ1) is 12.7. The highest BCUT2D eigenvalue weighted by molar-refractivity contribution is 5.77. The van der Waals surface area contributed by atoms with E-state index in [-0.39, 0.29) is 36.8 Å². The number of anilines is 1. The van der Waals surface area contributed by atoms with E-state index in [9.17, 15) is 4.79 Å². The molecule has 0 unspecified atom stereocenters. The number of nitrogens with one attached hydrogen (secondary N) is 2. The van der Waals surface area contributed by atoms with Crippen LogP contribution in [0.4, 0.5) is 5.95 Å². The maximum absolute atomic E-state index is 11.7. The van der Waals surface area contributed by atoms with Gasteiger partial charge in [0.15, 0.2) is 5.76 Å². The fraction of sp³-hybridized carbons (Fsp3) is 0.471. The number of carbonyl (C=O) groups is 1. The average Bonchev–Trinajstić information content (AvgIpc) is 3.36. The van der Waals surface area contributed by atoms with Crippen LogP contribution in [-0.4, -0.2) is 67.1 Å². The quantitative estimate of drug-likeness (QED) is 0.764. The Kier molecular flexibility index (Phi) is 4.83. The van der Waals surface area contributed by atoms with Gasteiger partial charge in [0.2, 0.25) is 11.9 Å². The van der Waals surface area contributed by atoms with Crippen LogP contribution in [0, 0.1) is 0 Å². The van der Waals surface area contributed by atoms with Gasteiger partial charge in [0.1, 0.15) is 24.5 Å². The molecule has 2 aromatic rings. The summed E-state index contributed by atoms with van der Waals surface area (Å²) in [6.45, 7) is 0.861. The normalized spacial score (nSPS) is 27.3. The highest BCUT2D eigenvalue weighted by Gasteiger charge is 2.48. The van der Waals surface area contributed by atoms with Gasteiger partial charge in [0.25, 0.3) is 0 Å². The molecule has 9 nitrogen and oxygen atoms in total. The molecule has 2 saturated heterocycles. The lowest BCUT2D eigenvalue weighted by Gasteiger charge is -2.18. The van der Waals surface area contributed by atoms with Gasteiger partial charge in [0.05, 0.1) is 31.6 Å². The van der Waals surface area contributed by atoms with Crippen LogP contribution >= 0.6 is 0 Å². The molecule has 4 heterocycles. The van der Waals surface area contributed by atoms with E-state index in [1.165, 1.54) is 7.11 Å². The van der Waals surface area contributed by atoms with E-state index < -0.39 is 0 Å². The van der Waals surface area contributed by atoms with Gasteiger partial charge in [-0.1, -0.05) is 0 Å². The second kappa shape index (κ2) is 7.40. The van der Waals surface area contributed by atoms with Gasteiger partial charge in [-0.15, -0.1) is 0 Å². The van der Waals surface area contributed by atoms with Crippen LogP contribution in [0.15, 0.2) is 35.1 Å². The number of carbonyl (C=O) groups excluding carboxylic acids is 1. The van der Waals surface area contributed by atoms with Gasteiger partial charge in [-0.05, 0) is 18.2 Å². The monoisotopic (exact) mass is 360 g/mol. The Morgan fingerprint density at radius 2 is 2.08 bits per heavy atom. The Bertz CT molecular complexity index is 753. The van der Waals surface area contributed by atoms with Crippen molar-refractivity contribution < 1.29 is 23.4 Å². The third-order valence-corrected chi connectivity index (χ3v) is 4.42. The smallest absolute Gasteiger partial charge is 0.246 e. The lowest BCUT2D eigenvalue weighted by atomic mass is 10.1. The average molecular weight is 360 g/mol. The van der Waals surface area contributed by atoms with Gasteiger partial charge < -0.3 is 29.3 Å². The molecule has 0 bridgehead atoms. The van der Waals surface area contributed by atoms with Crippen molar-refractivity contribution in [3.8, 4) is 11.5 Å². The van der Waals surface area contributed by atoms with E-state index in [0.717, 1.165) is 0 Å². The van der Waals surface area contributed by atoms with Crippen molar-refractivity contribution in [2.24, 2.45) is 0 Å². The molecule has 138 valence electrons. The second-order valence-electron chi connectivity index (χ2n) is 6.20. The summed E-state index contributed by atoms with van der Waals surface area (Å²) in [5.74, 6) is 0.967. The molecular weight excluding hydrogens is 340 g/mol. The molecule has 0 aromatic carbocycles. The van der Waals surface area contributed by atoms with Crippen molar-refractivity contribution >= 4 is 11.9 Å². The number of fused-ring (bicyclic) bond motifs is 1. The first kappa shape index (κ1) is 17.0. The number of rotatable bonds is 6. The van der Waals surface area contributed by atoms with Crippen molar-refractivity contribution in [3.63, 3.8) is 0 Å². The topological polar surface area (TPSA) is 108 Å². The standard InChI is InChI=1S/C17H20N4O5/c1-23-9-14(22)19-11-7-25-16-12(8-26-15(11)16)21-17-18-5-4-10(20-17)13-3-2-6-24-13/h2-6,11-12,15-16H,7-9H2,1H3,(H,19,22)(H,18,20,21)/t11-,12-,15+,16+/m0/s1. The van der Waals surface area contributed by atoms with Crippen LogP contribution in [-0.2, 0) is 19.0 Å². The number of hydrogen-bond acceptors (Lipinski definition) is 8. The molecule has 2 fully saturated rings. The Hall–Kier alpha value is -2.49. The summed E-state index contributed by atoms with van der Waals surface area (Å²) >= 11 is 0. The number of amides is 1. The molecule has 26 heavy (non-hydrogen) atoms. The molecule has 2 aliphatic rings. The van der Waals surface area contributed by atoms with Crippen molar-refractivity contribution in [1.82, 2.24) is 15.3 Å². The van der Waals surface area contributed by atoms with E-state index in [0.29, 0.717) is 30.6 Å². The van der Waals surface area contributed by atoms with Crippen molar-refractivity contribution in [2.75, 3.05) is 32.2 Å². The molecule has 0 radical (unpaired) electrons. The summed E-state index contributed by atoms with van der Waals surface area (Å²) in [7, 11) is 1.48. The predicted molar refractivity (Wildman–Crippen MR) is 90.4 cm³/mol. The Morgan fingerprint density at radius 3 is 2.85 bits per heavy atom. The summed E-state index contributed by atoms with van der Waals surface area (Å²) in [6.07, 6.45) is 2.88. The Labute approximate surface area is 150 Å². The zero-order chi connectivity index (χ0) is 17.9. The zero-order valence-corrected chi connectivity index (χ0v) is 14.3. The summed E-state index contributed by atoms with van der Waals surface area (Å²) in [4.78, 5) is 20.4. The Morgan fingerprint density at radius 1 is 1.27 bits per heavy atom. The zero-order valence-electron chi connectivity index (χ0n) is 14.3. The maximum Gasteiger partial charge on any atom is 0.246 e. The number of methoxy groups -OCH3 is 1. The second-order valence-corrected chi connectivity index (χ2v) is 6.20. The van der Waals surface area contributed by atoms with Gasteiger partial charge in [-0.2, -0.15) is 0 Å². The molecule has 2 aliphatic heterocycles. The summed E-state index contributed by atoms with van der Waals surface area (Å²) in [6, 6.07) is 5.14. The van der Waals surface area contributed by atoms with E-state index in [4.69, 9.17) is 18.6 Å². The van der Waals surface area contributed by atoms with Crippen LogP contribution < -0.4 is 10.6 Å². The van der Waals surface area contributed by atoms with E-state index in [2.05, 4.69) is 20.6 Å². The first-order valence-electron chi connectivity index (χ1n) is 8.39. The molecule has 2 N–H and O–H groups in total. The van der Waals surface area contributed by atoms with Gasteiger partial charge in [-0.3, -0.25) is 4.79 Å². The molecular formula is C17H20N4O5. The van der Waals surface area contributed by atoms with E-state index in [1.54, 1.807) is 18.5 Å². The summed E-state index contributed by atoms with van der Waals surface area (Å²) < 4.78 is 21.9. The number of hydrogen-bond donors (Lipinski definition) is 2. The SMILES string of the molecule is COCC(=O)N[C@H]1CO[C@H]2[C@@H]1OC[C@@H]2Nc1nccc(-c2ccco2)n1. The predicted octanol–water partition coefficient (Wildman–Crippen LogP) is 0.446. The van der Waals surface area contributed by atoms with Crippen LogP contribution in [0.5, 0.6) is 0 Å². The third-order valence-electron chi connectivity index (χ3n) is 4.42. The van der Waals surface area contributed by atoms with E-state index in [1.807, 2.05) is 12.1 Å². The minimum atomic E-state index is -0.207. The van der Waals surface area contributed by atoms with Crippen LogP contribution in [0.3, 0.4) is 0 Å². The largest absolute Gasteiger partial charge is 0.463 e. The first-order valence-corrected chi connectivity index (χ1v) is 8.39. The Balaban J connectivity index is 1.40. The van der Waals surface area contributed by atoms with Gasteiger partial charge in [0, 0.05) is 13.3 Å². The number of ether oxygens (including phenoxy) is 3. The minimum Gasteiger partial charge on any atom is -0.463 e. The van der Waals surface area contributed by atoms with Crippen LogP contribution in [0.25, 0.3) is 11.5 Å². The molecule has 0 aliphatic carbocycles. The summed E-state index contributed by atoms with van der Waals surface area (Å²) in [5.41, 5.74) is 0.694. The fourth-order valence-electron chi connectivity index (χ4n) is 3.28. The van der Waals surface area contributed by atoms with Crippen molar-refractivity contribution in [1.29, 1.82) is 0 Å². The van der Waals surface area contributed by atoms with Crippen molar-refractivity contribution in [2.45, 2.75) is 24.3 Å². The maximum atomic E-state index is 11.7. The van der Waals surface area contributed by atoms with E-state index >= 15 is 0 Å². The van der Waals surface area contributed by atoms with Crippen molar-refractivity contribution in [3.05, 3.63) is 30.7 Å². The third kappa shape index (κ3) is 3.41. The molecule has 0 saturated carbocycles.